The Morgan fingerprint density at radius 3 is 2.76 bits per heavy atom. The highest BCUT2D eigenvalue weighted by Gasteiger charge is 2.05. The highest BCUT2D eigenvalue weighted by atomic mass is 19.1. The fourth-order valence-electron chi connectivity index (χ4n) is 2.43. The zero-order valence-electron chi connectivity index (χ0n) is 11.4. The van der Waals surface area contributed by atoms with E-state index < -0.39 is 0 Å². The summed E-state index contributed by atoms with van der Waals surface area (Å²) in [7, 11) is 0. The van der Waals surface area contributed by atoms with Gasteiger partial charge in [0, 0.05) is 30.2 Å². The van der Waals surface area contributed by atoms with Crippen molar-refractivity contribution < 1.29 is 4.39 Å². The second kappa shape index (κ2) is 5.68. The average Bonchev–Trinajstić information content (AvgIpc) is 2.92. The first-order chi connectivity index (χ1) is 10.3. The average molecular weight is 279 g/mol. The van der Waals surface area contributed by atoms with Gasteiger partial charge in [0.2, 0.25) is 0 Å². The molecule has 4 heteroatoms. The molecule has 0 aliphatic rings. The minimum Gasteiger partial charge on any atom is -0.381 e. The third-order valence-electron chi connectivity index (χ3n) is 3.48. The Balaban J connectivity index is 1.75. The van der Waals surface area contributed by atoms with Gasteiger partial charge >= 0.3 is 0 Å². The molecule has 1 aromatic heterocycles. The summed E-state index contributed by atoms with van der Waals surface area (Å²) in [4.78, 5) is 0. The molecule has 0 fully saturated rings. The molecule has 0 radical (unpaired) electrons. The van der Waals surface area contributed by atoms with Crippen molar-refractivity contribution in [2.75, 3.05) is 11.9 Å². The summed E-state index contributed by atoms with van der Waals surface area (Å²) < 4.78 is 15.6. The van der Waals surface area contributed by atoms with Gasteiger partial charge in [0.1, 0.15) is 5.82 Å². The third kappa shape index (κ3) is 2.59. The van der Waals surface area contributed by atoms with E-state index >= 15 is 0 Å². The Morgan fingerprint density at radius 2 is 1.95 bits per heavy atom. The summed E-state index contributed by atoms with van der Waals surface area (Å²) >= 11 is 0. The SMILES string of the molecule is N#Cc1cccc2c1ccn2CCNc1ccccc1F. The minimum absolute atomic E-state index is 0.248. The monoisotopic (exact) mass is 279 g/mol. The van der Waals surface area contributed by atoms with Crippen LogP contribution < -0.4 is 5.32 Å². The van der Waals surface area contributed by atoms with E-state index in [1.54, 1.807) is 18.2 Å². The van der Waals surface area contributed by atoms with E-state index in [2.05, 4.69) is 16.0 Å². The first kappa shape index (κ1) is 13.2. The lowest BCUT2D eigenvalue weighted by molar-refractivity contribution is 0.628. The van der Waals surface area contributed by atoms with Crippen molar-refractivity contribution in [2.45, 2.75) is 6.54 Å². The summed E-state index contributed by atoms with van der Waals surface area (Å²) in [6.07, 6.45) is 1.95. The predicted octanol–water partition coefficient (Wildman–Crippen LogP) is 3.76. The number of para-hydroxylation sites is 1. The maximum Gasteiger partial charge on any atom is 0.146 e. The summed E-state index contributed by atoms with van der Waals surface area (Å²) in [5, 5.41) is 13.1. The lowest BCUT2D eigenvalue weighted by Gasteiger charge is -2.09. The first-order valence-corrected chi connectivity index (χ1v) is 6.76. The number of nitrogens with zero attached hydrogens (tertiary/aromatic N) is 2. The van der Waals surface area contributed by atoms with Crippen LogP contribution in [0.4, 0.5) is 10.1 Å². The normalized spacial score (nSPS) is 10.5. The zero-order valence-corrected chi connectivity index (χ0v) is 11.4. The Kier molecular flexibility index (Phi) is 3.57. The van der Waals surface area contributed by atoms with Gasteiger partial charge in [0.15, 0.2) is 0 Å². The highest BCUT2D eigenvalue weighted by Crippen LogP contribution is 2.19. The molecule has 1 heterocycles. The van der Waals surface area contributed by atoms with Gasteiger partial charge in [0.25, 0.3) is 0 Å². The zero-order chi connectivity index (χ0) is 14.7. The molecular weight excluding hydrogens is 265 g/mol. The molecule has 2 aromatic carbocycles. The fourth-order valence-corrected chi connectivity index (χ4v) is 2.43. The van der Waals surface area contributed by atoms with Crippen LogP contribution in [0.5, 0.6) is 0 Å². The van der Waals surface area contributed by atoms with E-state index in [1.807, 2.05) is 30.5 Å². The topological polar surface area (TPSA) is 40.8 Å². The number of nitrogens with one attached hydrogen (secondary N) is 1. The number of halogens is 1. The second-order valence-electron chi connectivity index (χ2n) is 4.77. The first-order valence-electron chi connectivity index (χ1n) is 6.76. The van der Waals surface area contributed by atoms with Crippen molar-refractivity contribution in [3.8, 4) is 6.07 Å². The van der Waals surface area contributed by atoms with E-state index in [1.165, 1.54) is 6.07 Å². The third-order valence-corrected chi connectivity index (χ3v) is 3.48. The van der Waals surface area contributed by atoms with Gasteiger partial charge in [-0.3, -0.25) is 0 Å². The number of benzene rings is 2. The Labute approximate surface area is 122 Å². The summed E-state index contributed by atoms with van der Waals surface area (Å²) in [5.41, 5.74) is 2.20. The maximum absolute atomic E-state index is 13.5. The minimum atomic E-state index is -0.248. The molecule has 3 rings (SSSR count). The number of anilines is 1. The smallest absolute Gasteiger partial charge is 0.146 e. The molecule has 0 unspecified atom stereocenters. The van der Waals surface area contributed by atoms with Gasteiger partial charge in [-0.1, -0.05) is 18.2 Å². The van der Waals surface area contributed by atoms with E-state index in [0.717, 1.165) is 10.9 Å². The van der Waals surface area contributed by atoms with Gasteiger partial charge in [0.05, 0.1) is 17.3 Å². The van der Waals surface area contributed by atoms with E-state index in [-0.39, 0.29) is 5.82 Å². The van der Waals surface area contributed by atoms with Crippen LogP contribution in [-0.2, 0) is 6.54 Å². The second-order valence-corrected chi connectivity index (χ2v) is 4.77. The van der Waals surface area contributed by atoms with Gasteiger partial charge in [-0.15, -0.1) is 0 Å². The van der Waals surface area contributed by atoms with Crippen molar-refractivity contribution in [2.24, 2.45) is 0 Å². The predicted molar refractivity (Wildman–Crippen MR) is 81.5 cm³/mol. The van der Waals surface area contributed by atoms with Crippen molar-refractivity contribution in [3.63, 3.8) is 0 Å². The van der Waals surface area contributed by atoms with Crippen molar-refractivity contribution in [1.29, 1.82) is 5.26 Å². The number of hydrogen-bond acceptors (Lipinski definition) is 2. The van der Waals surface area contributed by atoms with E-state index in [9.17, 15) is 4.39 Å². The molecule has 0 spiro atoms. The summed E-state index contributed by atoms with van der Waals surface area (Å²) in [6, 6.07) is 16.4. The van der Waals surface area contributed by atoms with E-state index in [0.29, 0.717) is 24.3 Å². The van der Waals surface area contributed by atoms with Gasteiger partial charge in [-0.25, -0.2) is 4.39 Å². The molecule has 0 bridgehead atoms. The lowest BCUT2D eigenvalue weighted by Crippen LogP contribution is -2.10. The fraction of sp³-hybridized carbons (Fsp3) is 0.118. The quantitative estimate of drug-likeness (QED) is 0.790. The molecule has 0 aliphatic carbocycles. The maximum atomic E-state index is 13.5. The molecule has 3 aromatic rings. The Morgan fingerprint density at radius 1 is 1.10 bits per heavy atom. The largest absolute Gasteiger partial charge is 0.381 e. The molecule has 0 amide bonds. The summed E-state index contributed by atoms with van der Waals surface area (Å²) in [6.45, 7) is 1.31. The Bertz CT molecular complexity index is 814. The molecule has 21 heavy (non-hydrogen) atoms. The van der Waals surface area contributed by atoms with Crippen LogP contribution in [-0.4, -0.2) is 11.1 Å². The molecule has 104 valence electrons. The standard InChI is InChI=1S/C17H14FN3/c18-15-5-1-2-6-16(15)20-9-11-21-10-8-14-13(12-19)4-3-7-17(14)21/h1-8,10,20H,9,11H2. The number of hydrogen-bond donors (Lipinski definition) is 1. The van der Waals surface area contributed by atoms with Gasteiger partial charge in [-0.2, -0.15) is 5.26 Å². The molecular formula is C17H14FN3. The van der Waals surface area contributed by atoms with Crippen LogP contribution in [0.15, 0.2) is 54.7 Å². The molecule has 1 N–H and O–H groups in total. The molecule has 0 saturated heterocycles. The summed E-state index contributed by atoms with van der Waals surface area (Å²) in [5.74, 6) is -0.248. The highest BCUT2D eigenvalue weighted by molar-refractivity contribution is 5.85. The van der Waals surface area contributed by atoms with Crippen LogP contribution in [0.3, 0.4) is 0 Å². The van der Waals surface area contributed by atoms with Crippen LogP contribution >= 0.6 is 0 Å². The van der Waals surface area contributed by atoms with Crippen molar-refractivity contribution >= 4 is 16.6 Å². The Hall–Kier alpha value is -2.80. The van der Waals surface area contributed by atoms with Crippen LogP contribution in [0.25, 0.3) is 10.9 Å². The lowest BCUT2D eigenvalue weighted by atomic mass is 10.1. The van der Waals surface area contributed by atoms with E-state index in [4.69, 9.17) is 5.26 Å². The molecule has 0 aliphatic heterocycles. The number of rotatable bonds is 4. The molecule has 0 saturated carbocycles. The van der Waals surface area contributed by atoms with Crippen molar-refractivity contribution in [3.05, 3.63) is 66.1 Å². The molecule has 3 nitrogen and oxygen atoms in total. The van der Waals surface area contributed by atoms with Crippen LogP contribution in [0, 0.1) is 17.1 Å². The molecule has 0 atom stereocenters. The number of fused-ring (bicyclic) bond motifs is 1. The number of nitriles is 1. The number of aromatic nitrogens is 1. The van der Waals surface area contributed by atoms with Crippen LogP contribution in [0.2, 0.25) is 0 Å². The van der Waals surface area contributed by atoms with Crippen molar-refractivity contribution in [1.82, 2.24) is 4.57 Å². The van der Waals surface area contributed by atoms with Gasteiger partial charge in [-0.05, 0) is 30.3 Å². The van der Waals surface area contributed by atoms with Gasteiger partial charge < -0.3 is 9.88 Å². The van der Waals surface area contributed by atoms with Crippen LogP contribution in [0.1, 0.15) is 5.56 Å².